The van der Waals surface area contributed by atoms with E-state index in [4.69, 9.17) is 9.15 Å². The van der Waals surface area contributed by atoms with Gasteiger partial charge in [-0.15, -0.1) is 0 Å². The lowest BCUT2D eigenvalue weighted by Crippen LogP contribution is -2.45. The van der Waals surface area contributed by atoms with Crippen molar-refractivity contribution in [3.8, 4) is 0 Å². The van der Waals surface area contributed by atoms with Crippen LogP contribution >= 0.6 is 0 Å². The molecule has 2 rings (SSSR count). The van der Waals surface area contributed by atoms with Crippen molar-refractivity contribution in [2.45, 2.75) is 13.0 Å². The van der Waals surface area contributed by atoms with E-state index < -0.39 is 10.2 Å². The molecule has 1 saturated heterocycles. The second-order valence-corrected chi connectivity index (χ2v) is 6.11. The average molecular weight is 303 g/mol. The van der Waals surface area contributed by atoms with E-state index in [0.717, 1.165) is 18.8 Å². The molecule has 0 aromatic carbocycles. The summed E-state index contributed by atoms with van der Waals surface area (Å²) in [6.07, 6.45) is 1.60. The molecule has 2 N–H and O–H groups in total. The first-order valence-electron chi connectivity index (χ1n) is 6.72. The van der Waals surface area contributed by atoms with Crippen LogP contribution in [0, 0.1) is 0 Å². The van der Waals surface area contributed by atoms with Crippen molar-refractivity contribution in [2.24, 2.45) is 0 Å². The quantitative estimate of drug-likeness (QED) is 0.746. The lowest BCUT2D eigenvalue weighted by molar-refractivity contribution is 0.0128. The fraction of sp³-hybridized carbons (Fsp3) is 0.667. The molecule has 7 nitrogen and oxygen atoms in total. The van der Waals surface area contributed by atoms with Crippen LogP contribution in [-0.4, -0.2) is 52.7 Å². The van der Waals surface area contributed by atoms with Crippen LogP contribution in [-0.2, 0) is 14.9 Å². The Kier molecular flexibility index (Phi) is 5.55. The zero-order chi connectivity index (χ0) is 14.4. The van der Waals surface area contributed by atoms with Crippen molar-refractivity contribution in [3.63, 3.8) is 0 Å². The first-order valence-corrected chi connectivity index (χ1v) is 8.20. The summed E-state index contributed by atoms with van der Waals surface area (Å²) in [4.78, 5) is 2.16. The Bertz CT molecular complexity index is 483. The summed E-state index contributed by atoms with van der Waals surface area (Å²) in [7, 11) is -3.46. The SMILES string of the molecule is CCNS(=O)(=O)NCC(c1ccco1)N1CCOCC1. The molecule has 8 heteroatoms. The highest BCUT2D eigenvalue weighted by atomic mass is 32.2. The minimum atomic E-state index is -3.46. The van der Waals surface area contributed by atoms with Gasteiger partial charge in [-0.1, -0.05) is 6.92 Å². The number of hydrogen-bond acceptors (Lipinski definition) is 5. The van der Waals surface area contributed by atoms with Gasteiger partial charge in [0.15, 0.2) is 0 Å². The number of nitrogens with zero attached hydrogens (tertiary/aromatic N) is 1. The summed E-state index contributed by atoms with van der Waals surface area (Å²) < 4.78 is 39.1. The molecule has 20 heavy (non-hydrogen) atoms. The number of hydrogen-bond donors (Lipinski definition) is 2. The molecule has 2 heterocycles. The lowest BCUT2D eigenvalue weighted by Gasteiger charge is -2.33. The van der Waals surface area contributed by atoms with Crippen LogP contribution in [0.1, 0.15) is 18.7 Å². The molecular weight excluding hydrogens is 282 g/mol. The van der Waals surface area contributed by atoms with Gasteiger partial charge in [-0.3, -0.25) is 4.90 Å². The number of rotatable bonds is 7. The molecule has 0 aliphatic carbocycles. The van der Waals surface area contributed by atoms with Crippen molar-refractivity contribution in [2.75, 3.05) is 39.4 Å². The second kappa shape index (κ2) is 7.19. The predicted octanol–water partition coefficient (Wildman–Crippen LogP) is 0.0968. The van der Waals surface area contributed by atoms with Crippen LogP contribution in [0.3, 0.4) is 0 Å². The van der Waals surface area contributed by atoms with Crippen LogP contribution in [0.5, 0.6) is 0 Å². The van der Waals surface area contributed by atoms with Crippen molar-refractivity contribution < 1.29 is 17.6 Å². The van der Waals surface area contributed by atoms with Gasteiger partial charge in [-0.25, -0.2) is 9.44 Å². The molecule has 114 valence electrons. The van der Waals surface area contributed by atoms with Crippen molar-refractivity contribution in [1.29, 1.82) is 0 Å². The number of morpholine rings is 1. The maximum Gasteiger partial charge on any atom is 0.276 e. The van der Waals surface area contributed by atoms with Gasteiger partial charge >= 0.3 is 0 Å². The predicted molar refractivity (Wildman–Crippen MR) is 74.4 cm³/mol. The Hall–Kier alpha value is -0.930. The van der Waals surface area contributed by atoms with E-state index in [1.165, 1.54) is 0 Å². The van der Waals surface area contributed by atoms with E-state index in [9.17, 15) is 8.42 Å². The largest absolute Gasteiger partial charge is 0.468 e. The smallest absolute Gasteiger partial charge is 0.276 e. The Morgan fingerprint density at radius 3 is 2.70 bits per heavy atom. The number of furan rings is 1. The van der Waals surface area contributed by atoms with E-state index in [1.807, 2.05) is 12.1 Å². The molecule has 1 aromatic rings. The number of nitrogens with one attached hydrogen (secondary N) is 2. The standard InChI is InChI=1S/C12H21N3O4S/c1-2-13-20(16,17)14-10-11(12-4-3-7-19-12)15-5-8-18-9-6-15/h3-4,7,11,13-14H,2,5-6,8-10H2,1H3. The fourth-order valence-electron chi connectivity index (χ4n) is 2.21. The molecule has 1 fully saturated rings. The average Bonchev–Trinajstić information content (AvgIpc) is 2.94. The maximum absolute atomic E-state index is 11.7. The Labute approximate surface area is 119 Å². The van der Waals surface area contributed by atoms with Crippen molar-refractivity contribution in [3.05, 3.63) is 24.2 Å². The van der Waals surface area contributed by atoms with Gasteiger partial charge in [0.2, 0.25) is 0 Å². The van der Waals surface area contributed by atoms with Crippen molar-refractivity contribution in [1.82, 2.24) is 14.3 Å². The van der Waals surface area contributed by atoms with Gasteiger partial charge in [-0.2, -0.15) is 8.42 Å². The van der Waals surface area contributed by atoms with E-state index in [-0.39, 0.29) is 12.6 Å². The first-order chi connectivity index (χ1) is 9.62. The minimum Gasteiger partial charge on any atom is -0.468 e. The van der Waals surface area contributed by atoms with Gasteiger partial charge in [0, 0.05) is 26.2 Å². The Morgan fingerprint density at radius 1 is 1.35 bits per heavy atom. The third kappa shape index (κ3) is 4.29. The fourth-order valence-corrected chi connectivity index (χ4v) is 3.07. The van der Waals surface area contributed by atoms with E-state index in [1.54, 1.807) is 13.2 Å². The summed E-state index contributed by atoms with van der Waals surface area (Å²) in [5.41, 5.74) is 0. The van der Waals surface area contributed by atoms with Crippen LogP contribution in [0.15, 0.2) is 22.8 Å². The third-order valence-electron chi connectivity index (χ3n) is 3.16. The van der Waals surface area contributed by atoms with E-state index in [0.29, 0.717) is 19.8 Å². The summed E-state index contributed by atoms with van der Waals surface area (Å²) in [6.45, 7) is 5.18. The molecule has 1 aliphatic heterocycles. The lowest BCUT2D eigenvalue weighted by atomic mass is 10.2. The molecule has 0 bridgehead atoms. The van der Waals surface area contributed by atoms with Crippen molar-refractivity contribution >= 4 is 10.2 Å². The second-order valence-electron chi connectivity index (χ2n) is 4.53. The topological polar surface area (TPSA) is 83.8 Å². The Balaban J connectivity index is 2.03. The van der Waals surface area contributed by atoms with Crippen LogP contribution in [0.2, 0.25) is 0 Å². The zero-order valence-corrected chi connectivity index (χ0v) is 12.4. The van der Waals surface area contributed by atoms with Gasteiger partial charge in [0.05, 0.1) is 25.5 Å². The normalized spacial score (nSPS) is 19.1. The molecule has 1 aliphatic rings. The highest BCUT2D eigenvalue weighted by molar-refractivity contribution is 7.87. The van der Waals surface area contributed by atoms with E-state index in [2.05, 4.69) is 14.3 Å². The summed E-state index contributed by atoms with van der Waals surface area (Å²) >= 11 is 0. The van der Waals surface area contributed by atoms with E-state index >= 15 is 0 Å². The molecule has 1 atom stereocenters. The van der Waals surface area contributed by atoms with Crippen LogP contribution < -0.4 is 9.44 Å². The molecule has 0 spiro atoms. The molecule has 0 radical (unpaired) electrons. The monoisotopic (exact) mass is 303 g/mol. The molecule has 0 amide bonds. The van der Waals surface area contributed by atoms with Gasteiger partial charge in [0.1, 0.15) is 5.76 Å². The third-order valence-corrected chi connectivity index (χ3v) is 4.37. The highest BCUT2D eigenvalue weighted by Crippen LogP contribution is 2.21. The summed E-state index contributed by atoms with van der Waals surface area (Å²) in [5.74, 6) is 0.756. The molecule has 1 aromatic heterocycles. The maximum atomic E-state index is 11.7. The first kappa shape index (κ1) is 15.5. The minimum absolute atomic E-state index is 0.123. The van der Waals surface area contributed by atoms with Gasteiger partial charge in [-0.05, 0) is 12.1 Å². The van der Waals surface area contributed by atoms with Gasteiger partial charge in [0.25, 0.3) is 10.2 Å². The van der Waals surface area contributed by atoms with Crippen LogP contribution in [0.4, 0.5) is 0 Å². The molecule has 1 unspecified atom stereocenters. The zero-order valence-electron chi connectivity index (χ0n) is 11.5. The molecule has 0 saturated carbocycles. The summed E-state index contributed by atoms with van der Waals surface area (Å²) in [6, 6.07) is 3.55. The number of ether oxygens (including phenoxy) is 1. The van der Waals surface area contributed by atoms with Gasteiger partial charge < -0.3 is 9.15 Å². The Morgan fingerprint density at radius 2 is 2.10 bits per heavy atom. The molecular formula is C12H21N3O4S. The van der Waals surface area contributed by atoms with Crippen LogP contribution in [0.25, 0.3) is 0 Å². The highest BCUT2D eigenvalue weighted by Gasteiger charge is 2.26. The summed E-state index contributed by atoms with van der Waals surface area (Å²) in [5, 5.41) is 0.